The van der Waals surface area contributed by atoms with Crippen molar-refractivity contribution in [1.82, 2.24) is 0 Å². The minimum atomic E-state index is -1.39. The van der Waals surface area contributed by atoms with Gasteiger partial charge in [-0.05, 0) is 23.3 Å². The summed E-state index contributed by atoms with van der Waals surface area (Å²) in [7, 11) is 0. The average Bonchev–Trinajstić information content (AvgIpc) is 2.60. The Bertz CT molecular complexity index is 654. The Morgan fingerprint density at radius 1 is 1.04 bits per heavy atom. The van der Waals surface area contributed by atoms with E-state index in [9.17, 15) is 9.90 Å². The van der Waals surface area contributed by atoms with Gasteiger partial charge in [0, 0.05) is 12.3 Å². The third-order valence-corrected chi connectivity index (χ3v) is 4.25. The number of carbonyl (C=O) groups excluding carboxylic acids is 1. The molecule has 0 aliphatic carbocycles. The first kappa shape index (κ1) is 15.7. The van der Waals surface area contributed by atoms with Crippen LogP contribution in [0.1, 0.15) is 30.4 Å². The molecule has 1 heterocycles. The molecule has 0 aromatic heterocycles. The summed E-state index contributed by atoms with van der Waals surface area (Å²) >= 11 is 0. The van der Waals surface area contributed by atoms with Crippen molar-refractivity contribution in [3.63, 3.8) is 0 Å². The molecule has 0 bridgehead atoms. The van der Waals surface area contributed by atoms with Crippen LogP contribution in [0.3, 0.4) is 0 Å². The molecule has 1 N–H and O–H groups in total. The lowest BCUT2D eigenvalue weighted by Crippen LogP contribution is -2.44. The molecule has 23 heavy (non-hydrogen) atoms. The molecule has 2 atom stereocenters. The van der Waals surface area contributed by atoms with Crippen molar-refractivity contribution in [2.24, 2.45) is 0 Å². The maximum atomic E-state index is 12.5. The molecule has 2 aromatic carbocycles. The van der Waals surface area contributed by atoms with Gasteiger partial charge in [-0.2, -0.15) is 0 Å². The zero-order valence-corrected chi connectivity index (χ0v) is 13.1. The second-order valence-corrected chi connectivity index (χ2v) is 5.77. The maximum Gasteiger partial charge on any atom is 0.186 e. The number of aliphatic hydroxyl groups is 1. The molecule has 3 heteroatoms. The minimum Gasteiger partial charge on any atom is -0.362 e. The van der Waals surface area contributed by atoms with Crippen LogP contribution in [0.4, 0.5) is 0 Å². The van der Waals surface area contributed by atoms with Gasteiger partial charge < -0.3 is 9.84 Å². The lowest BCUT2D eigenvalue weighted by Gasteiger charge is -2.36. The fraction of sp³-hybridized carbons (Fsp3) is 0.250. The van der Waals surface area contributed by atoms with Crippen LogP contribution in [0, 0.1) is 0 Å². The van der Waals surface area contributed by atoms with Crippen LogP contribution in [0.15, 0.2) is 72.8 Å². The quantitative estimate of drug-likeness (QED) is 0.941. The van der Waals surface area contributed by atoms with Gasteiger partial charge in [0.25, 0.3) is 0 Å². The molecule has 0 amide bonds. The van der Waals surface area contributed by atoms with Crippen molar-refractivity contribution in [3.05, 3.63) is 83.9 Å². The number of ether oxygens (including phenoxy) is 1. The van der Waals surface area contributed by atoms with Crippen LogP contribution in [0.5, 0.6) is 0 Å². The Labute approximate surface area is 136 Å². The first-order chi connectivity index (χ1) is 11.1. The first-order valence-corrected chi connectivity index (χ1v) is 7.86. The van der Waals surface area contributed by atoms with E-state index in [1.54, 1.807) is 0 Å². The van der Waals surface area contributed by atoms with Crippen LogP contribution >= 0.6 is 0 Å². The van der Waals surface area contributed by atoms with Crippen LogP contribution in [-0.4, -0.2) is 22.8 Å². The van der Waals surface area contributed by atoms with Gasteiger partial charge in [-0.25, -0.2) is 0 Å². The number of hydrogen-bond acceptors (Lipinski definition) is 3. The number of hydrogen-bond donors (Lipinski definition) is 1. The normalized spacial score (nSPS) is 24.1. The summed E-state index contributed by atoms with van der Waals surface area (Å²) in [5.41, 5.74) is 1.98. The fourth-order valence-electron chi connectivity index (χ4n) is 2.92. The molecular weight excluding hydrogens is 288 g/mol. The van der Waals surface area contributed by atoms with Gasteiger partial charge in [0.1, 0.15) is 6.10 Å². The molecule has 3 rings (SSSR count). The number of ketones is 1. The Kier molecular flexibility index (Phi) is 4.42. The molecule has 118 valence electrons. The lowest BCUT2D eigenvalue weighted by atomic mass is 9.83. The van der Waals surface area contributed by atoms with Gasteiger partial charge >= 0.3 is 0 Å². The SMILES string of the molecule is CC[C@@]1(O)C=CC(=O)[C@H](C(c2ccccc2)c2ccccc2)O1. The second kappa shape index (κ2) is 6.49. The predicted octanol–water partition coefficient (Wildman–Crippen LogP) is 3.44. The average molecular weight is 308 g/mol. The molecule has 0 saturated heterocycles. The van der Waals surface area contributed by atoms with E-state index >= 15 is 0 Å². The molecule has 2 aromatic rings. The summed E-state index contributed by atoms with van der Waals surface area (Å²) in [5.74, 6) is -1.77. The topological polar surface area (TPSA) is 46.5 Å². The summed E-state index contributed by atoms with van der Waals surface area (Å²) in [6.07, 6.45) is 2.54. The highest BCUT2D eigenvalue weighted by Gasteiger charge is 2.39. The van der Waals surface area contributed by atoms with Crippen molar-refractivity contribution in [1.29, 1.82) is 0 Å². The first-order valence-electron chi connectivity index (χ1n) is 7.86. The van der Waals surface area contributed by atoms with Crippen LogP contribution in [0.25, 0.3) is 0 Å². The Balaban J connectivity index is 2.06. The largest absolute Gasteiger partial charge is 0.362 e. The van der Waals surface area contributed by atoms with Crippen molar-refractivity contribution < 1.29 is 14.6 Å². The van der Waals surface area contributed by atoms with E-state index in [0.717, 1.165) is 11.1 Å². The van der Waals surface area contributed by atoms with E-state index in [1.807, 2.05) is 67.6 Å². The van der Waals surface area contributed by atoms with Gasteiger partial charge in [-0.15, -0.1) is 0 Å². The van der Waals surface area contributed by atoms with E-state index in [4.69, 9.17) is 4.74 Å². The van der Waals surface area contributed by atoms with Crippen LogP contribution in [0.2, 0.25) is 0 Å². The fourth-order valence-corrected chi connectivity index (χ4v) is 2.92. The number of benzene rings is 2. The summed E-state index contributed by atoms with van der Waals surface area (Å²) in [4.78, 5) is 12.5. The predicted molar refractivity (Wildman–Crippen MR) is 89.0 cm³/mol. The molecule has 0 unspecified atom stereocenters. The molecule has 0 fully saturated rings. The summed E-state index contributed by atoms with van der Waals surface area (Å²) < 4.78 is 5.83. The van der Waals surface area contributed by atoms with Crippen molar-refractivity contribution in [2.75, 3.05) is 0 Å². The van der Waals surface area contributed by atoms with Gasteiger partial charge in [-0.3, -0.25) is 4.79 Å². The second-order valence-electron chi connectivity index (χ2n) is 5.77. The Morgan fingerprint density at radius 3 is 2.04 bits per heavy atom. The molecule has 0 radical (unpaired) electrons. The van der Waals surface area contributed by atoms with Gasteiger partial charge in [0.2, 0.25) is 0 Å². The molecule has 0 saturated carbocycles. The Morgan fingerprint density at radius 2 is 1.57 bits per heavy atom. The van der Waals surface area contributed by atoms with Crippen molar-refractivity contribution in [2.45, 2.75) is 31.2 Å². The van der Waals surface area contributed by atoms with E-state index in [0.29, 0.717) is 6.42 Å². The summed E-state index contributed by atoms with van der Waals surface area (Å²) in [5, 5.41) is 10.4. The van der Waals surface area contributed by atoms with E-state index in [2.05, 4.69) is 0 Å². The third kappa shape index (κ3) is 3.26. The van der Waals surface area contributed by atoms with Crippen LogP contribution < -0.4 is 0 Å². The highest BCUT2D eigenvalue weighted by atomic mass is 16.6. The highest BCUT2D eigenvalue weighted by Crippen LogP contribution is 2.35. The van der Waals surface area contributed by atoms with Crippen molar-refractivity contribution >= 4 is 5.78 Å². The molecule has 3 nitrogen and oxygen atoms in total. The van der Waals surface area contributed by atoms with Gasteiger partial charge in [-0.1, -0.05) is 67.6 Å². The van der Waals surface area contributed by atoms with Crippen molar-refractivity contribution in [3.8, 4) is 0 Å². The zero-order valence-electron chi connectivity index (χ0n) is 13.1. The maximum absolute atomic E-state index is 12.5. The molecular formula is C20H20O3. The number of carbonyl (C=O) groups is 1. The van der Waals surface area contributed by atoms with E-state index in [1.165, 1.54) is 12.2 Å². The summed E-state index contributed by atoms with van der Waals surface area (Å²) in [6.45, 7) is 1.83. The third-order valence-electron chi connectivity index (χ3n) is 4.25. The molecule has 1 aliphatic rings. The highest BCUT2D eigenvalue weighted by molar-refractivity contribution is 5.95. The standard InChI is InChI=1S/C20H20O3/c1-2-20(22)14-13-17(21)19(23-20)18(15-9-5-3-6-10-15)16-11-7-4-8-12-16/h3-14,18-19,22H,2H2,1H3/t19-,20+/m1/s1. The van der Waals surface area contributed by atoms with Gasteiger partial charge in [0.15, 0.2) is 11.6 Å². The minimum absolute atomic E-state index is 0.124. The lowest BCUT2D eigenvalue weighted by molar-refractivity contribution is -0.205. The summed E-state index contributed by atoms with van der Waals surface area (Å²) in [6, 6.07) is 19.6. The zero-order chi connectivity index (χ0) is 16.3. The monoisotopic (exact) mass is 308 g/mol. The van der Waals surface area contributed by atoms with Crippen LogP contribution in [-0.2, 0) is 9.53 Å². The van der Waals surface area contributed by atoms with E-state index in [-0.39, 0.29) is 11.7 Å². The molecule has 1 aliphatic heterocycles. The Hall–Kier alpha value is -2.23. The number of rotatable bonds is 4. The van der Waals surface area contributed by atoms with Gasteiger partial charge in [0.05, 0.1) is 0 Å². The molecule has 0 spiro atoms. The van der Waals surface area contributed by atoms with E-state index < -0.39 is 11.9 Å². The smallest absolute Gasteiger partial charge is 0.186 e.